The van der Waals surface area contributed by atoms with E-state index in [4.69, 9.17) is 5.73 Å². The fraction of sp³-hybridized carbons (Fsp3) is 0.120. The maximum atomic E-state index is 13.3. The molecular formula is C25H23N5O2S. The molecule has 8 heteroatoms. The van der Waals surface area contributed by atoms with E-state index >= 15 is 0 Å². The topological polar surface area (TPSA) is 101 Å². The number of carbonyl (C=O) groups excluding carboxylic acids is 2. The predicted molar refractivity (Wildman–Crippen MR) is 131 cm³/mol. The average Bonchev–Trinajstić information content (AvgIpc) is 3.29. The zero-order chi connectivity index (χ0) is 23.2. The monoisotopic (exact) mass is 457 g/mol. The fourth-order valence-electron chi connectivity index (χ4n) is 3.46. The summed E-state index contributed by atoms with van der Waals surface area (Å²) in [5.41, 5.74) is 9.47. The first kappa shape index (κ1) is 22.2. The molecule has 4 rings (SSSR count). The van der Waals surface area contributed by atoms with Crippen LogP contribution in [0.25, 0.3) is 11.3 Å². The summed E-state index contributed by atoms with van der Waals surface area (Å²) >= 11 is 1.38. The maximum absolute atomic E-state index is 13.3. The lowest BCUT2D eigenvalue weighted by Gasteiger charge is -2.29. The summed E-state index contributed by atoms with van der Waals surface area (Å²) in [6, 6.07) is 20.0. The minimum Gasteiger partial charge on any atom is -0.375 e. The molecule has 7 nitrogen and oxygen atoms in total. The number of carbonyl (C=O) groups is 2. The van der Waals surface area contributed by atoms with E-state index in [0.717, 1.165) is 16.8 Å². The lowest BCUT2D eigenvalue weighted by atomic mass is 10.1. The smallest absolute Gasteiger partial charge is 0.254 e. The molecule has 0 aliphatic heterocycles. The van der Waals surface area contributed by atoms with E-state index in [1.165, 1.54) is 11.3 Å². The summed E-state index contributed by atoms with van der Waals surface area (Å²) in [7, 11) is 0. The molecule has 2 heterocycles. The molecule has 1 unspecified atom stereocenters. The molecule has 2 aromatic heterocycles. The molecule has 1 atom stereocenters. The van der Waals surface area contributed by atoms with Crippen LogP contribution in [0.1, 0.15) is 28.9 Å². The Morgan fingerprint density at radius 3 is 2.36 bits per heavy atom. The van der Waals surface area contributed by atoms with Crippen LogP contribution in [0, 0.1) is 0 Å². The first-order chi connectivity index (χ1) is 16.0. The number of pyridine rings is 1. The van der Waals surface area contributed by atoms with Gasteiger partial charge >= 0.3 is 0 Å². The van der Waals surface area contributed by atoms with Crippen molar-refractivity contribution in [2.24, 2.45) is 0 Å². The highest BCUT2D eigenvalue weighted by molar-refractivity contribution is 7.13. The number of nitrogen functional groups attached to an aromatic ring is 1. The molecule has 3 N–H and O–H groups in total. The Morgan fingerprint density at radius 1 is 1.03 bits per heavy atom. The number of hydrogen-bond donors (Lipinski definition) is 2. The largest absolute Gasteiger partial charge is 0.375 e. The van der Waals surface area contributed by atoms with Gasteiger partial charge in [-0.05, 0) is 36.8 Å². The lowest BCUT2D eigenvalue weighted by Crippen LogP contribution is -2.39. The molecule has 0 fully saturated rings. The van der Waals surface area contributed by atoms with Gasteiger partial charge in [-0.25, -0.2) is 4.98 Å². The van der Waals surface area contributed by atoms with Crippen LogP contribution < -0.4 is 11.1 Å². The van der Waals surface area contributed by atoms with E-state index in [0.29, 0.717) is 16.4 Å². The van der Waals surface area contributed by atoms with Gasteiger partial charge in [-0.1, -0.05) is 42.5 Å². The number of thiazole rings is 1. The van der Waals surface area contributed by atoms with Crippen molar-refractivity contribution in [3.8, 4) is 11.3 Å². The van der Waals surface area contributed by atoms with Crippen molar-refractivity contribution in [2.75, 3.05) is 17.6 Å². The second kappa shape index (κ2) is 10.1. The lowest BCUT2D eigenvalue weighted by molar-refractivity contribution is -0.117. The summed E-state index contributed by atoms with van der Waals surface area (Å²) in [4.78, 5) is 36.0. The average molecular weight is 458 g/mol. The van der Waals surface area contributed by atoms with Gasteiger partial charge in [0.2, 0.25) is 5.91 Å². The van der Waals surface area contributed by atoms with Gasteiger partial charge in [-0.3, -0.25) is 14.6 Å². The molecule has 33 heavy (non-hydrogen) atoms. The molecule has 0 saturated heterocycles. The van der Waals surface area contributed by atoms with Gasteiger partial charge in [0.05, 0.1) is 11.7 Å². The first-order valence-electron chi connectivity index (χ1n) is 10.4. The number of nitrogens with one attached hydrogen (secondary N) is 1. The second-order valence-corrected chi connectivity index (χ2v) is 8.34. The number of rotatable bonds is 7. The van der Waals surface area contributed by atoms with Gasteiger partial charge < -0.3 is 16.0 Å². The van der Waals surface area contributed by atoms with E-state index in [1.807, 2.05) is 54.8 Å². The van der Waals surface area contributed by atoms with E-state index in [-0.39, 0.29) is 24.4 Å². The molecule has 0 saturated carbocycles. The Kier molecular flexibility index (Phi) is 6.75. The van der Waals surface area contributed by atoms with Crippen molar-refractivity contribution in [3.05, 3.63) is 95.6 Å². The van der Waals surface area contributed by atoms with Crippen molar-refractivity contribution in [3.63, 3.8) is 0 Å². The Balaban J connectivity index is 1.50. The number of nitrogens with zero attached hydrogens (tertiary/aromatic N) is 3. The molecule has 0 aliphatic carbocycles. The molecular weight excluding hydrogens is 434 g/mol. The molecule has 2 amide bonds. The zero-order valence-electron chi connectivity index (χ0n) is 18.0. The Labute approximate surface area is 195 Å². The molecule has 2 aromatic carbocycles. The van der Waals surface area contributed by atoms with Crippen LogP contribution in [-0.2, 0) is 4.79 Å². The summed E-state index contributed by atoms with van der Waals surface area (Å²) in [5, 5.41) is 5.27. The molecule has 0 bridgehead atoms. The molecule has 4 aromatic rings. The number of benzene rings is 2. The van der Waals surface area contributed by atoms with Crippen molar-refractivity contribution < 1.29 is 9.59 Å². The van der Waals surface area contributed by atoms with E-state index in [2.05, 4.69) is 15.3 Å². The fourth-order valence-corrected chi connectivity index (χ4v) is 4.03. The summed E-state index contributed by atoms with van der Waals surface area (Å²) < 4.78 is 0. The van der Waals surface area contributed by atoms with E-state index in [1.54, 1.807) is 41.6 Å². The molecule has 0 spiro atoms. The number of nitrogens with two attached hydrogens (primary N) is 1. The third kappa shape index (κ3) is 5.42. The SMILES string of the molecule is CC(c1ccccc1)N(CC(=O)Nc1ccc(-c2csc(N)n2)cc1)C(=O)c1ccncc1. The van der Waals surface area contributed by atoms with Crippen molar-refractivity contribution >= 4 is 34.0 Å². The van der Waals surface area contributed by atoms with Crippen molar-refractivity contribution in [1.82, 2.24) is 14.9 Å². The van der Waals surface area contributed by atoms with Gasteiger partial charge in [0.15, 0.2) is 5.13 Å². The van der Waals surface area contributed by atoms with Gasteiger partial charge in [-0.15, -0.1) is 11.3 Å². The third-order valence-electron chi connectivity index (χ3n) is 5.24. The van der Waals surface area contributed by atoms with Crippen LogP contribution in [0.4, 0.5) is 10.8 Å². The van der Waals surface area contributed by atoms with Crippen LogP contribution in [0.3, 0.4) is 0 Å². The van der Waals surface area contributed by atoms with Crippen LogP contribution in [0.5, 0.6) is 0 Å². The number of amides is 2. The standard InChI is InChI=1S/C25H23N5O2S/c1-17(18-5-3-2-4-6-18)30(24(32)20-11-13-27-14-12-20)15-23(31)28-21-9-7-19(8-10-21)22-16-33-25(26)29-22/h2-14,16-17H,15H2,1H3,(H2,26,29)(H,28,31). The van der Waals surface area contributed by atoms with Gasteiger partial charge in [0, 0.05) is 34.6 Å². The van der Waals surface area contributed by atoms with Crippen LogP contribution in [-0.4, -0.2) is 33.2 Å². The van der Waals surface area contributed by atoms with Gasteiger partial charge in [0.25, 0.3) is 5.91 Å². The third-order valence-corrected chi connectivity index (χ3v) is 5.91. The second-order valence-electron chi connectivity index (χ2n) is 7.45. The molecule has 166 valence electrons. The highest BCUT2D eigenvalue weighted by Gasteiger charge is 2.25. The summed E-state index contributed by atoms with van der Waals surface area (Å²) in [6.45, 7) is 1.82. The van der Waals surface area contributed by atoms with E-state index in [9.17, 15) is 9.59 Å². The van der Waals surface area contributed by atoms with Gasteiger partial charge in [0.1, 0.15) is 6.54 Å². The highest BCUT2D eigenvalue weighted by Crippen LogP contribution is 2.25. The Morgan fingerprint density at radius 2 is 1.73 bits per heavy atom. The molecule has 0 radical (unpaired) electrons. The van der Waals surface area contributed by atoms with Crippen LogP contribution in [0.15, 0.2) is 84.5 Å². The predicted octanol–water partition coefficient (Wildman–Crippen LogP) is 4.63. The maximum Gasteiger partial charge on any atom is 0.254 e. The van der Waals surface area contributed by atoms with Gasteiger partial charge in [-0.2, -0.15) is 0 Å². The number of aromatic nitrogens is 2. The minimum absolute atomic E-state index is 0.0956. The zero-order valence-corrected chi connectivity index (χ0v) is 18.8. The van der Waals surface area contributed by atoms with E-state index < -0.39 is 0 Å². The normalized spacial score (nSPS) is 11.5. The van der Waals surface area contributed by atoms with Crippen LogP contribution >= 0.6 is 11.3 Å². The first-order valence-corrected chi connectivity index (χ1v) is 11.3. The summed E-state index contributed by atoms with van der Waals surface area (Å²) in [5.74, 6) is -0.522. The highest BCUT2D eigenvalue weighted by atomic mass is 32.1. The Hall–Kier alpha value is -4.04. The van der Waals surface area contributed by atoms with Crippen molar-refractivity contribution in [1.29, 1.82) is 0 Å². The molecule has 0 aliphatic rings. The Bertz CT molecular complexity index is 1230. The number of anilines is 2. The van der Waals surface area contributed by atoms with Crippen molar-refractivity contribution in [2.45, 2.75) is 13.0 Å². The minimum atomic E-state index is -0.296. The quantitative estimate of drug-likeness (QED) is 0.421. The number of hydrogen-bond acceptors (Lipinski definition) is 6. The van der Waals surface area contributed by atoms with Crippen LogP contribution in [0.2, 0.25) is 0 Å². The summed E-state index contributed by atoms with van der Waals surface area (Å²) in [6.07, 6.45) is 3.13.